The lowest BCUT2D eigenvalue weighted by Crippen LogP contribution is -2.04. The molecule has 0 saturated heterocycles. The standard InChI is InChI=1S/C11H16N6S/c1-4-5-8-15-9(12-3)7(2)10(16-8)18-11-13-6-14-17-11/h6H,4-5H2,1-3H3,(H,12,15,16)(H,13,14,17). The second-order valence-electron chi connectivity index (χ2n) is 3.81. The van der Waals surface area contributed by atoms with Crippen LogP contribution in [0, 0.1) is 6.92 Å². The van der Waals surface area contributed by atoms with Crippen molar-refractivity contribution in [3.05, 3.63) is 17.7 Å². The van der Waals surface area contributed by atoms with Gasteiger partial charge in [0.25, 0.3) is 0 Å². The van der Waals surface area contributed by atoms with E-state index in [1.54, 1.807) is 0 Å². The highest BCUT2D eigenvalue weighted by Gasteiger charge is 2.12. The highest BCUT2D eigenvalue weighted by atomic mass is 32.2. The molecule has 0 aliphatic carbocycles. The van der Waals surface area contributed by atoms with Gasteiger partial charge < -0.3 is 5.32 Å². The first-order valence-corrected chi connectivity index (χ1v) is 6.64. The molecule has 2 heterocycles. The van der Waals surface area contributed by atoms with Gasteiger partial charge in [-0.25, -0.2) is 15.0 Å². The maximum Gasteiger partial charge on any atom is 0.189 e. The van der Waals surface area contributed by atoms with Gasteiger partial charge in [0, 0.05) is 19.0 Å². The molecule has 2 N–H and O–H groups in total. The largest absolute Gasteiger partial charge is 0.373 e. The second-order valence-corrected chi connectivity index (χ2v) is 4.79. The normalized spacial score (nSPS) is 10.6. The molecule has 0 aromatic carbocycles. The number of hydrogen-bond donors (Lipinski definition) is 2. The summed E-state index contributed by atoms with van der Waals surface area (Å²) in [7, 11) is 1.87. The monoisotopic (exact) mass is 264 g/mol. The van der Waals surface area contributed by atoms with Gasteiger partial charge in [-0.3, -0.25) is 5.10 Å². The third kappa shape index (κ3) is 2.79. The van der Waals surface area contributed by atoms with Crippen LogP contribution in [-0.2, 0) is 6.42 Å². The molecule has 7 heteroatoms. The number of nitrogens with zero attached hydrogens (tertiary/aromatic N) is 4. The molecule has 0 aliphatic heterocycles. The van der Waals surface area contributed by atoms with Crippen molar-refractivity contribution in [3.63, 3.8) is 0 Å². The lowest BCUT2D eigenvalue weighted by Gasteiger charge is -2.10. The molecule has 96 valence electrons. The van der Waals surface area contributed by atoms with E-state index < -0.39 is 0 Å². The van der Waals surface area contributed by atoms with Crippen LogP contribution in [-0.4, -0.2) is 32.2 Å². The molecule has 0 amide bonds. The smallest absolute Gasteiger partial charge is 0.189 e. The average molecular weight is 264 g/mol. The van der Waals surface area contributed by atoms with Gasteiger partial charge in [0.15, 0.2) is 5.16 Å². The Labute approximate surface area is 110 Å². The van der Waals surface area contributed by atoms with E-state index in [0.717, 1.165) is 40.2 Å². The number of H-pyrrole nitrogens is 1. The molecular weight excluding hydrogens is 248 g/mol. The van der Waals surface area contributed by atoms with Crippen molar-refractivity contribution >= 4 is 17.6 Å². The second kappa shape index (κ2) is 5.81. The Morgan fingerprint density at radius 3 is 2.83 bits per heavy atom. The van der Waals surface area contributed by atoms with Gasteiger partial charge in [0.1, 0.15) is 23.0 Å². The van der Waals surface area contributed by atoms with Gasteiger partial charge in [-0.2, -0.15) is 5.10 Å². The molecule has 0 fully saturated rings. The number of anilines is 1. The maximum absolute atomic E-state index is 4.57. The van der Waals surface area contributed by atoms with Crippen LogP contribution in [0.5, 0.6) is 0 Å². The van der Waals surface area contributed by atoms with E-state index in [-0.39, 0.29) is 0 Å². The van der Waals surface area contributed by atoms with Crippen LogP contribution in [0.4, 0.5) is 5.82 Å². The van der Waals surface area contributed by atoms with E-state index in [1.165, 1.54) is 18.1 Å². The summed E-state index contributed by atoms with van der Waals surface area (Å²) in [4.78, 5) is 13.2. The van der Waals surface area contributed by atoms with Gasteiger partial charge in [-0.05, 0) is 25.1 Å². The van der Waals surface area contributed by atoms with Crippen LogP contribution in [0.15, 0.2) is 16.5 Å². The SMILES string of the molecule is CCCc1nc(NC)c(C)c(Sc2ncn[nH]2)n1. The topological polar surface area (TPSA) is 79.4 Å². The Hall–Kier alpha value is -1.63. The molecule has 0 unspecified atom stereocenters. The average Bonchev–Trinajstić information content (AvgIpc) is 2.86. The molecule has 2 aromatic heterocycles. The van der Waals surface area contributed by atoms with Crippen molar-refractivity contribution in [1.29, 1.82) is 0 Å². The third-order valence-corrected chi connectivity index (χ3v) is 3.43. The Bertz CT molecular complexity index is 511. The van der Waals surface area contributed by atoms with Gasteiger partial charge in [0.2, 0.25) is 0 Å². The van der Waals surface area contributed by atoms with E-state index >= 15 is 0 Å². The van der Waals surface area contributed by atoms with Crippen LogP contribution < -0.4 is 5.32 Å². The number of aromatic nitrogens is 5. The van der Waals surface area contributed by atoms with E-state index in [4.69, 9.17) is 0 Å². The number of aromatic amines is 1. The van der Waals surface area contributed by atoms with Crippen LogP contribution in [0.1, 0.15) is 24.7 Å². The molecule has 0 atom stereocenters. The fourth-order valence-corrected chi connectivity index (χ4v) is 2.34. The molecule has 0 radical (unpaired) electrons. The van der Waals surface area contributed by atoms with Gasteiger partial charge in [0.05, 0.1) is 0 Å². The lowest BCUT2D eigenvalue weighted by molar-refractivity contribution is 0.802. The summed E-state index contributed by atoms with van der Waals surface area (Å²) in [6.07, 6.45) is 3.39. The summed E-state index contributed by atoms with van der Waals surface area (Å²) in [6, 6.07) is 0. The third-order valence-electron chi connectivity index (χ3n) is 2.44. The van der Waals surface area contributed by atoms with Gasteiger partial charge in [-0.15, -0.1) is 0 Å². The lowest BCUT2D eigenvalue weighted by atomic mass is 10.3. The minimum Gasteiger partial charge on any atom is -0.373 e. The minimum atomic E-state index is 0.737. The van der Waals surface area contributed by atoms with E-state index in [0.29, 0.717) is 0 Å². The highest BCUT2D eigenvalue weighted by molar-refractivity contribution is 7.99. The first-order valence-electron chi connectivity index (χ1n) is 5.83. The van der Waals surface area contributed by atoms with Crippen molar-refractivity contribution in [2.45, 2.75) is 36.9 Å². The Morgan fingerprint density at radius 2 is 2.22 bits per heavy atom. The molecule has 0 aliphatic rings. The zero-order valence-corrected chi connectivity index (χ0v) is 11.5. The molecule has 0 bridgehead atoms. The fraction of sp³-hybridized carbons (Fsp3) is 0.455. The molecule has 2 aromatic rings. The summed E-state index contributed by atoms with van der Waals surface area (Å²) in [5.74, 6) is 1.73. The first kappa shape index (κ1) is 12.8. The maximum atomic E-state index is 4.57. The molecular formula is C11H16N6S. The Kier molecular flexibility index (Phi) is 4.14. The summed E-state index contributed by atoms with van der Waals surface area (Å²) in [5.41, 5.74) is 1.03. The van der Waals surface area contributed by atoms with Crippen LogP contribution in [0.25, 0.3) is 0 Å². The fourth-order valence-electron chi connectivity index (χ4n) is 1.55. The van der Waals surface area contributed by atoms with Crippen molar-refractivity contribution in [2.24, 2.45) is 0 Å². The van der Waals surface area contributed by atoms with Gasteiger partial charge in [-0.1, -0.05) is 6.92 Å². The van der Waals surface area contributed by atoms with Crippen molar-refractivity contribution in [1.82, 2.24) is 25.1 Å². The molecule has 18 heavy (non-hydrogen) atoms. The van der Waals surface area contributed by atoms with E-state index in [2.05, 4.69) is 37.4 Å². The Morgan fingerprint density at radius 1 is 1.39 bits per heavy atom. The van der Waals surface area contributed by atoms with Crippen LogP contribution >= 0.6 is 11.8 Å². The van der Waals surface area contributed by atoms with Crippen molar-refractivity contribution in [3.8, 4) is 0 Å². The number of nitrogens with one attached hydrogen (secondary N) is 2. The quantitative estimate of drug-likeness (QED) is 0.805. The molecule has 0 saturated carbocycles. The van der Waals surface area contributed by atoms with Crippen molar-refractivity contribution < 1.29 is 0 Å². The van der Waals surface area contributed by atoms with Crippen molar-refractivity contribution in [2.75, 3.05) is 12.4 Å². The summed E-state index contributed by atoms with van der Waals surface area (Å²) >= 11 is 1.47. The van der Waals surface area contributed by atoms with Gasteiger partial charge >= 0.3 is 0 Å². The predicted molar refractivity (Wildman–Crippen MR) is 70.8 cm³/mol. The predicted octanol–water partition coefficient (Wildman–Crippen LogP) is 2.05. The van der Waals surface area contributed by atoms with E-state index in [9.17, 15) is 0 Å². The zero-order valence-electron chi connectivity index (χ0n) is 10.7. The first-order chi connectivity index (χ1) is 8.74. The highest BCUT2D eigenvalue weighted by Crippen LogP contribution is 2.28. The number of hydrogen-bond acceptors (Lipinski definition) is 6. The van der Waals surface area contributed by atoms with E-state index in [1.807, 2.05) is 14.0 Å². The zero-order chi connectivity index (χ0) is 13.0. The minimum absolute atomic E-state index is 0.737. The molecule has 0 spiro atoms. The Balaban J connectivity index is 2.34. The molecule has 6 nitrogen and oxygen atoms in total. The summed E-state index contributed by atoms with van der Waals surface area (Å²) in [5, 5.41) is 11.4. The number of rotatable bonds is 5. The molecule has 2 rings (SSSR count). The summed E-state index contributed by atoms with van der Waals surface area (Å²) in [6.45, 7) is 4.12. The van der Waals surface area contributed by atoms with Crippen LogP contribution in [0.3, 0.4) is 0 Å². The van der Waals surface area contributed by atoms with Crippen LogP contribution in [0.2, 0.25) is 0 Å². The summed E-state index contributed by atoms with van der Waals surface area (Å²) < 4.78 is 0. The number of aryl methyl sites for hydroxylation is 1.